The molecule has 0 atom stereocenters. The lowest BCUT2D eigenvalue weighted by Crippen LogP contribution is -2.26. The van der Waals surface area contributed by atoms with E-state index in [0.29, 0.717) is 19.6 Å². The van der Waals surface area contributed by atoms with Gasteiger partial charge < -0.3 is 0 Å². The van der Waals surface area contributed by atoms with Crippen LogP contribution in [0.3, 0.4) is 0 Å². The molecule has 1 heterocycles. The average Bonchev–Trinajstić information content (AvgIpc) is 2.84. The summed E-state index contributed by atoms with van der Waals surface area (Å²) >= 11 is 0. The van der Waals surface area contributed by atoms with Gasteiger partial charge >= 0.3 is 0 Å². The molecule has 0 unspecified atom stereocenters. The molecule has 1 aromatic rings. The third-order valence-corrected chi connectivity index (χ3v) is 4.18. The maximum Gasteiger partial charge on any atom is 0.265 e. The second-order valence-electron chi connectivity index (χ2n) is 3.70. The van der Waals surface area contributed by atoms with E-state index in [1.54, 1.807) is 12.1 Å². The average molecular weight is 252 g/mol. The summed E-state index contributed by atoms with van der Waals surface area (Å²) in [5.74, 6) is 0. The SMILES string of the molecule is N#CCc1ccc(S(=O)(=O)N2CCCO2)cc1. The van der Waals surface area contributed by atoms with Crippen LogP contribution in [0, 0.1) is 11.3 Å². The summed E-state index contributed by atoms with van der Waals surface area (Å²) < 4.78 is 25.1. The number of hydrogen-bond donors (Lipinski definition) is 0. The van der Waals surface area contributed by atoms with E-state index in [-0.39, 0.29) is 11.3 Å². The van der Waals surface area contributed by atoms with Gasteiger partial charge in [0, 0.05) is 6.54 Å². The second-order valence-corrected chi connectivity index (χ2v) is 5.53. The molecule has 0 N–H and O–H groups in total. The summed E-state index contributed by atoms with van der Waals surface area (Å²) in [7, 11) is -3.54. The van der Waals surface area contributed by atoms with E-state index in [0.717, 1.165) is 10.0 Å². The minimum absolute atomic E-state index is 0.195. The summed E-state index contributed by atoms with van der Waals surface area (Å²) in [5.41, 5.74) is 0.800. The maximum absolute atomic E-state index is 12.0. The summed E-state index contributed by atoms with van der Waals surface area (Å²) in [4.78, 5) is 5.24. The van der Waals surface area contributed by atoms with Crippen LogP contribution in [0.4, 0.5) is 0 Å². The lowest BCUT2D eigenvalue weighted by atomic mass is 10.2. The van der Waals surface area contributed by atoms with Crippen LogP contribution in [-0.4, -0.2) is 26.0 Å². The Morgan fingerprint density at radius 1 is 1.35 bits per heavy atom. The number of nitrogens with zero attached hydrogens (tertiary/aromatic N) is 2. The highest BCUT2D eigenvalue weighted by molar-refractivity contribution is 7.89. The molecule has 1 aliphatic heterocycles. The molecule has 90 valence electrons. The number of benzene rings is 1. The smallest absolute Gasteiger partial charge is 0.265 e. The minimum Gasteiger partial charge on any atom is -0.284 e. The molecule has 0 spiro atoms. The molecule has 0 amide bonds. The van der Waals surface area contributed by atoms with Crippen LogP contribution >= 0.6 is 0 Å². The van der Waals surface area contributed by atoms with E-state index in [2.05, 4.69) is 0 Å². The highest BCUT2D eigenvalue weighted by atomic mass is 32.2. The zero-order valence-electron chi connectivity index (χ0n) is 9.17. The van der Waals surface area contributed by atoms with Gasteiger partial charge in [-0.2, -0.15) is 5.26 Å². The van der Waals surface area contributed by atoms with Gasteiger partial charge in [0.15, 0.2) is 0 Å². The molecule has 0 saturated carbocycles. The van der Waals surface area contributed by atoms with Crippen LogP contribution in [0.25, 0.3) is 0 Å². The monoisotopic (exact) mass is 252 g/mol. The lowest BCUT2D eigenvalue weighted by Gasteiger charge is -2.14. The summed E-state index contributed by atoms with van der Waals surface area (Å²) in [6.45, 7) is 0.827. The van der Waals surface area contributed by atoms with Gasteiger partial charge in [0.25, 0.3) is 10.0 Å². The van der Waals surface area contributed by atoms with Crippen LogP contribution in [0.1, 0.15) is 12.0 Å². The van der Waals surface area contributed by atoms with Crippen LogP contribution < -0.4 is 0 Å². The van der Waals surface area contributed by atoms with Crippen molar-refractivity contribution in [3.8, 4) is 6.07 Å². The van der Waals surface area contributed by atoms with Gasteiger partial charge in [-0.3, -0.25) is 4.84 Å². The molecule has 5 nitrogen and oxygen atoms in total. The van der Waals surface area contributed by atoms with E-state index >= 15 is 0 Å². The van der Waals surface area contributed by atoms with Crippen molar-refractivity contribution in [2.24, 2.45) is 0 Å². The van der Waals surface area contributed by atoms with Crippen molar-refractivity contribution in [3.63, 3.8) is 0 Å². The molecule has 1 fully saturated rings. The van der Waals surface area contributed by atoms with Gasteiger partial charge in [-0.15, -0.1) is 0 Å². The zero-order valence-corrected chi connectivity index (χ0v) is 9.98. The molecular weight excluding hydrogens is 240 g/mol. The van der Waals surface area contributed by atoms with Crippen LogP contribution in [0.5, 0.6) is 0 Å². The Hall–Kier alpha value is -1.42. The highest BCUT2D eigenvalue weighted by Gasteiger charge is 2.28. The second kappa shape index (κ2) is 4.84. The Bertz CT molecular complexity index is 525. The van der Waals surface area contributed by atoms with Crippen LogP contribution in [-0.2, 0) is 21.3 Å². The molecule has 0 radical (unpaired) electrons. The minimum atomic E-state index is -3.54. The van der Waals surface area contributed by atoms with Crippen molar-refractivity contribution < 1.29 is 13.3 Å². The molecule has 0 aromatic heterocycles. The molecule has 6 heteroatoms. The van der Waals surface area contributed by atoms with Crippen molar-refractivity contribution in [2.75, 3.05) is 13.2 Å². The molecule has 0 aliphatic carbocycles. The third-order valence-electron chi connectivity index (χ3n) is 2.49. The third kappa shape index (κ3) is 2.47. The van der Waals surface area contributed by atoms with Crippen LogP contribution in [0.2, 0.25) is 0 Å². The van der Waals surface area contributed by atoms with Crippen molar-refractivity contribution in [1.82, 2.24) is 4.47 Å². The highest BCUT2D eigenvalue weighted by Crippen LogP contribution is 2.20. The predicted octanol–water partition coefficient (Wildman–Crippen LogP) is 1.08. The topological polar surface area (TPSA) is 70.4 Å². The lowest BCUT2D eigenvalue weighted by molar-refractivity contribution is -0.0284. The standard InChI is InChI=1S/C11H12N2O3S/c12-7-6-10-2-4-11(5-3-10)17(14,15)13-8-1-9-16-13/h2-5H,1,6,8-9H2. The summed E-state index contributed by atoms with van der Waals surface area (Å²) in [5, 5.41) is 8.52. The van der Waals surface area contributed by atoms with Gasteiger partial charge in [-0.1, -0.05) is 16.6 Å². The van der Waals surface area contributed by atoms with Gasteiger partial charge in [-0.05, 0) is 24.1 Å². The first-order valence-corrected chi connectivity index (χ1v) is 6.70. The predicted molar refractivity (Wildman–Crippen MR) is 60.2 cm³/mol. The molecule has 1 aliphatic rings. The number of nitriles is 1. The van der Waals surface area contributed by atoms with Crippen molar-refractivity contribution >= 4 is 10.0 Å². The van der Waals surface area contributed by atoms with Crippen molar-refractivity contribution in [3.05, 3.63) is 29.8 Å². The fourth-order valence-electron chi connectivity index (χ4n) is 1.60. The van der Waals surface area contributed by atoms with Gasteiger partial charge in [-0.25, -0.2) is 8.42 Å². The van der Waals surface area contributed by atoms with E-state index in [4.69, 9.17) is 10.1 Å². The first kappa shape index (κ1) is 12.0. The Kier molecular flexibility index (Phi) is 3.43. The van der Waals surface area contributed by atoms with Crippen molar-refractivity contribution in [1.29, 1.82) is 5.26 Å². The first-order valence-electron chi connectivity index (χ1n) is 5.26. The fourth-order valence-corrected chi connectivity index (χ4v) is 2.90. The van der Waals surface area contributed by atoms with Gasteiger partial charge in [0.1, 0.15) is 0 Å². The molecule has 1 aromatic carbocycles. The number of hydroxylamine groups is 1. The summed E-state index contributed by atoms with van der Waals surface area (Å²) in [6.07, 6.45) is 0.992. The Morgan fingerprint density at radius 2 is 2.06 bits per heavy atom. The first-order chi connectivity index (χ1) is 8.14. The van der Waals surface area contributed by atoms with E-state index in [1.807, 2.05) is 6.07 Å². The van der Waals surface area contributed by atoms with Gasteiger partial charge in [0.05, 0.1) is 24.0 Å². The van der Waals surface area contributed by atoms with Crippen LogP contribution in [0.15, 0.2) is 29.2 Å². The zero-order chi connectivity index (χ0) is 12.3. The molecular formula is C11H12N2O3S. The maximum atomic E-state index is 12.0. The molecule has 2 rings (SSSR count). The van der Waals surface area contributed by atoms with E-state index < -0.39 is 10.0 Å². The molecule has 0 bridgehead atoms. The number of sulfonamides is 1. The van der Waals surface area contributed by atoms with E-state index in [9.17, 15) is 8.42 Å². The number of rotatable bonds is 3. The quantitative estimate of drug-likeness (QED) is 0.807. The normalized spacial score (nSPS) is 16.9. The molecule has 1 saturated heterocycles. The Labute approximate surface area is 100 Å². The Balaban J connectivity index is 2.24. The Morgan fingerprint density at radius 3 is 2.59 bits per heavy atom. The molecule has 17 heavy (non-hydrogen) atoms. The van der Waals surface area contributed by atoms with Crippen molar-refractivity contribution in [2.45, 2.75) is 17.7 Å². The fraction of sp³-hybridized carbons (Fsp3) is 0.364. The number of hydrogen-bond acceptors (Lipinski definition) is 4. The summed E-state index contributed by atoms with van der Waals surface area (Å²) in [6, 6.07) is 8.31. The largest absolute Gasteiger partial charge is 0.284 e. The van der Waals surface area contributed by atoms with Gasteiger partial charge in [0.2, 0.25) is 0 Å². The van der Waals surface area contributed by atoms with E-state index in [1.165, 1.54) is 12.1 Å².